The Labute approximate surface area is 96.1 Å². The third-order valence-corrected chi connectivity index (χ3v) is 3.48. The van der Waals surface area contributed by atoms with Crippen LogP contribution in [0.5, 0.6) is 5.75 Å². The van der Waals surface area contributed by atoms with E-state index in [9.17, 15) is 4.57 Å². The van der Waals surface area contributed by atoms with Crippen molar-refractivity contribution in [3.63, 3.8) is 0 Å². The summed E-state index contributed by atoms with van der Waals surface area (Å²) in [6.45, 7) is 4.21. The minimum Gasteiger partial charge on any atom is -0.481 e. The smallest absolute Gasteiger partial charge is 0.367 e. The lowest BCUT2D eigenvalue weighted by Gasteiger charge is -2.17. The molecule has 0 spiro atoms. The highest BCUT2D eigenvalue weighted by Gasteiger charge is 2.24. The van der Waals surface area contributed by atoms with Crippen LogP contribution in [0, 0.1) is 6.07 Å². The van der Waals surface area contributed by atoms with Crippen molar-refractivity contribution in [2.45, 2.75) is 13.8 Å². The maximum atomic E-state index is 12.0. The van der Waals surface area contributed by atoms with Crippen molar-refractivity contribution in [3.8, 4) is 5.75 Å². The first-order valence-corrected chi connectivity index (χ1v) is 6.90. The van der Waals surface area contributed by atoms with Crippen molar-refractivity contribution >= 4 is 7.60 Å². The van der Waals surface area contributed by atoms with Crippen LogP contribution in [0.4, 0.5) is 0 Å². The van der Waals surface area contributed by atoms with Crippen molar-refractivity contribution < 1.29 is 18.3 Å². The van der Waals surface area contributed by atoms with E-state index in [1.54, 1.807) is 38.1 Å². The minimum atomic E-state index is -3.12. The van der Waals surface area contributed by atoms with Crippen molar-refractivity contribution in [3.05, 3.63) is 30.3 Å². The number of ether oxygens (including phenoxy) is 1. The molecule has 1 radical (unpaired) electrons. The predicted octanol–water partition coefficient (Wildman–Crippen LogP) is 3.09. The Balaban J connectivity index is 2.53. The summed E-state index contributed by atoms with van der Waals surface area (Å²) in [6.07, 6.45) is -0.0707. The molecule has 0 atom stereocenters. The molecule has 0 heterocycles. The van der Waals surface area contributed by atoms with Gasteiger partial charge in [0, 0.05) is 0 Å². The zero-order valence-corrected chi connectivity index (χ0v) is 10.4. The summed E-state index contributed by atoms with van der Waals surface area (Å²) in [7, 11) is -3.12. The van der Waals surface area contributed by atoms with E-state index in [0.717, 1.165) is 0 Å². The Bertz CT molecular complexity index is 329. The summed E-state index contributed by atoms with van der Waals surface area (Å²) in [6, 6.07) is 9.79. The standard InChI is InChI=1S/C11H16O4P/c1-3-14-16(12,15-4-2)10-13-11-8-6-5-7-9-11/h6-9H,3-4,10H2,1-2H3. The predicted molar refractivity (Wildman–Crippen MR) is 61.6 cm³/mol. The molecule has 0 aliphatic rings. The van der Waals surface area contributed by atoms with Gasteiger partial charge in [0.05, 0.1) is 13.2 Å². The van der Waals surface area contributed by atoms with Crippen LogP contribution in [0.3, 0.4) is 0 Å². The first kappa shape index (κ1) is 13.2. The van der Waals surface area contributed by atoms with Crippen molar-refractivity contribution in [2.24, 2.45) is 0 Å². The van der Waals surface area contributed by atoms with Crippen molar-refractivity contribution in [1.82, 2.24) is 0 Å². The summed E-state index contributed by atoms with van der Waals surface area (Å²) in [5, 5.41) is 0. The highest BCUT2D eigenvalue weighted by Crippen LogP contribution is 2.47. The highest BCUT2D eigenvalue weighted by atomic mass is 31.2. The van der Waals surface area contributed by atoms with Crippen LogP contribution < -0.4 is 4.74 Å². The molecule has 0 fully saturated rings. The monoisotopic (exact) mass is 243 g/mol. The zero-order valence-electron chi connectivity index (χ0n) is 9.51. The minimum absolute atomic E-state index is 0.0707. The second kappa shape index (κ2) is 6.69. The number of benzene rings is 1. The maximum absolute atomic E-state index is 12.0. The van der Waals surface area contributed by atoms with Gasteiger partial charge in [0.15, 0.2) is 6.35 Å². The van der Waals surface area contributed by atoms with E-state index >= 15 is 0 Å². The van der Waals surface area contributed by atoms with Crippen LogP contribution in [0.15, 0.2) is 24.3 Å². The Morgan fingerprint density at radius 2 is 1.75 bits per heavy atom. The molecule has 0 bridgehead atoms. The van der Waals surface area contributed by atoms with Gasteiger partial charge in [-0.25, -0.2) is 0 Å². The summed E-state index contributed by atoms with van der Waals surface area (Å²) in [4.78, 5) is 0. The van der Waals surface area contributed by atoms with Gasteiger partial charge in [0.1, 0.15) is 5.75 Å². The molecule has 0 amide bonds. The molecule has 0 aromatic heterocycles. The van der Waals surface area contributed by atoms with E-state index in [1.807, 2.05) is 0 Å². The molecule has 1 aromatic rings. The van der Waals surface area contributed by atoms with E-state index in [-0.39, 0.29) is 6.35 Å². The van der Waals surface area contributed by atoms with Crippen molar-refractivity contribution in [1.29, 1.82) is 0 Å². The van der Waals surface area contributed by atoms with Gasteiger partial charge in [-0.2, -0.15) is 0 Å². The second-order valence-electron chi connectivity index (χ2n) is 2.96. The van der Waals surface area contributed by atoms with Crippen LogP contribution >= 0.6 is 7.60 Å². The fraction of sp³-hybridized carbons (Fsp3) is 0.455. The van der Waals surface area contributed by atoms with Gasteiger partial charge in [0.25, 0.3) is 0 Å². The molecule has 0 N–H and O–H groups in total. The largest absolute Gasteiger partial charge is 0.481 e. The van der Waals surface area contributed by atoms with Crippen LogP contribution in [0.1, 0.15) is 13.8 Å². The number of hydrogen-bond donors (Lipinski definition) is 0. The molecule has 0 aliphatic carbocycles. The van der Waals surface area contributed by atoms with Crippen molar-refractivity contribution in [2.75, 3.05) is 19.6 Å². The number of rotatable bonds is 7. The Morgan fingerprint density at radius 1 is 1.19 bits per heavy atom. The van der Waals surface area contributed by atoms with E-state index in [1.165, 1.54) is 0 Å². The third-order valence-electron chi connectivity index (χ3n) is 1.73. The van der Waals surface area contributed by atoms with Gasteiger partial charge < -0.3 is 13.8 Å². The molecule has 4 nitrogen and oxygen atoms in total. The lowest BCUT2D eigenvalue weighted by molar-refractivity contribution is 0.197. The second-order valence-corrected chi connectivity index (χ2v) is 4.95. The van der Waals surface area contributed by atoms with Gasteiger partial charge in [-0.3, -0.25) is 4.57 Å². The Hall–Kier alpha value is -0.830. The van der Waals surface area contributed by atoms with Gasteiger partial charge in [-0.05, 0) is 32.0 Å². The van der Waals surface area contributed by atoms with Crippen LogP contribution in [-0.2, 0) is 13.6 Å². The third kappa shape index (κ3) is 4.35. The van der Waals surface area contributed by atoms with Crippen LogP contribution in [0.2, 0.25) is 0 Å². The normalized spacial score (nSPS) is 11.4. The molecular formula is C11H16O4P. The van der Waals surface area contributed by atoms with Gasteiger partial charge >= 0.3 is 7.60 Å². The van der Waals surface area contributed by atoms with Gasteiger partial charge in [-0.15, -0.1) is 0 Å². The highest BCUT2D eigenvalue weighted by molar-refractivity contribution is 7.53. The summed E-state index contributed by atoms with van der Waals surface area (Å²) < 4.78 is 27.5. The molecule has 5 heteroatoms. The summed E-state index contributed by atoms with van der Waals surface area (Å²) in [5.74, 6) is 0.624. The molecule has 0 unspecified atom stereocenters. The Kier molecular flexibility index (Phi) is 5.53. The average molecular weight is 243 g/mol. The molecular weight excluding hydrogens is 227 g/mol. The van der Waals surface area contributed by atoms with E-state index in [0.29, 0.717) is 19.0 Å². The zero-order chi connectivity index (χ0) is 11.9. The fourth-order valence-corrected chi connectivity index (χ4v) is 2.44. The molecule has 1 rings (SSSR count). The first-order chi connectivity index (χ1) is 7.70. The topological polar surface area (TPSA) is 44.8 Å². The molecule has 16 heavy (non-hydrogen) atoms. The lowest BCUT2D eigenvalue weighted by atomic mass is 10.3. The average Bonchev–Trinajstić information content (AvgIpc) is 2.29. The SMILES string of the molecule is CCOP(=O)(COc1cc[c]cc1)OCC. The van der Waals surface area contributed by atoms with Crippen LogP contribution in [0.25, 0.3) is 0 Å². The molecule has 0 saturated carbocycles. The lowest BCUT2D eigenvalue weighted by Crippen LogP contribution is -2.05. The van der Waals surface area contributed by atoms with Crippen LogP contribution in [-0.4, -0.2) is 19.6 Å². The van der Waals surface area contributed by atoms with E-state index in [2.05, 4.69) is 6.07 Å². The Morgan fingerprint density at radius 3 is 2.25 bits per heavy atom. The molecule has 0 saturated heterocycles. The summed E-state index contributed by atoms with van der Waals surface area (Å²) in [5.41, 5.74) is 0. The quantitative estimate of drug-likeness (QED) is 0.690. The molecule has 0 aliphatic heterocycles. The maximum Gasteiger partial charge on any atom is 0.367 e. The first-order valence-electron chi connectivity index (χ1n) is 5.17. The number of hydrogen-bond acceptors (Lipinski definition) is 4. The summed E-state index contributed by atoms with van der Waals surface area (Å²) >= 11 is 0. The van der Waals surface area contributed by atoms with Gasteiger partial charge in [-0.1, -0.05) is 12.1 Å². The molecule has 1 aromatic carbocycles. The molecule has 89 valence electrons. The van der Waals surface area contributed by atoms with E-state index < -0.39 is 7.60 Å². The van der Waals surface area contributed by atoms with E-state index in [4.69, 9.17) is 13.8 Å². The van der Waals surface area contributed by atoms with Gasteiger partial charge in [0.2, 0.25) is 0 Å². The fourth-order valence-electron chi connectivity index (χ4n) is 1.13.